The molecule has 1 atom stereocenters. The van der Waals surface area contributed by atoms with Gasteiger partial charge >= 0.3 is 0 Å². The van der Waals surface area contributed by atoms with Crippen LogP contribution in [-0.4, -0.2) is 38.5 Å². The first kappa shape index (κ1) is 24.3. The Morgan fingerprint density at radius 2 is 1.76 bits per heavy atom. The lowest BCUT2D eigenvalue weighted by Crippen LogP contribution is -2.46. The van der Waals surface area contributed by atoms with Crippen molar-refractivity contribution in [1.82, 2.24) is 14.9 Å². The van der Waals surface area contributed by atoms with Gasteiger partial charge in [0.25, 0.3) is 5.91 Å². The summed E-state index contributed by atoms with van der Waals surface area (Å²) in [4.78, 5) is 50.1. The second-order valence-electron chi connectivity index (χ2n) is 8.85. The Morgan fingerprint density at radius 1 is 0.973 bits per heavy atom. The fourth-order valence-electron chi connectivity index (χ4n) is 4.47. The summed E-state index contributed by atoms with van der Waals surface area (Å²) in [7, 11) is 0. The number of halogens is 1. The number of hydrogen-bond acceptors (Lipinski definition) is 5. The first-order valence-electron chi connectivity index (χ1n) is 11.8. The number of hydrogen-bond donors (Lipinski definition) is 1. The Labute approximate surface area is 219 Å². The lowest BCUT2D eigenvalue weighted by atomic mass is 9.98. The summed E-state index contributed by atoms with van der Waals surface area (Å²) >= 11 is 6.14. The molecule has 7 nitrogen and oxygen atoms in total. The number of ketones is 1. The zero-order chi connectivity index (χ0) is 25.9. The minimum absolute atomic E-state index is 0.171. The fourth-order valence-corrected chi connectivity index (χ4v) is 4.64. The number of carbonyl (C=O) groups is 3. The third kappa shape index (κ3) is 5.13. The van der Waals surface area contributed by atoms with Gasteiger partial charge in [-0.2, -0.15) is 0 Å². The number of pyridine rings is 2. The molecule has 0 spiro atoms. The fraction of sp³-hybridized carbons (Fsp3) is 0.138. The number of anilines is 1. The van der Waals surface area contributed by atoms with Crippen LogP contribution in [0.1, 0.15) is 43.2 Å². The molecule has 1 aliphatic rings. The first-order chi connectivity index (χ1) is 17.9. The van der Waals surface area contributed by atoms with Crippen molar-refractivity contribution in [1.29, 1.82) is 0 Å². The van der Waals surface area contributed by atoms with Gasteiger partial charge in [-0.1, -0.05) is 41.9 Å². The monoisotopic (exact) mass is 510 g/mol. The number of aromatic nitrogens is 2. The van der Waals surface area contributed by atoms with Crippen molar-refractivity contribution in [2.24, 2.45) is 0 Å². The van der Waals surface area contributed by atoms with Crippen LogP contribution in [-0.2, 0) is 17.8 Å². The lowest BCUT2D eigenvalue weighted by Gasteiger charge is -2.29. The van der Waals surface area contributed by atoms with Gasteiger partial charge in [0.1, 0.15) is 11.7 Å². The zero-order valence-corrected chi connectivity index (χ0v) is 20.8. The highest BCUT2D eigenvalue weighted by atomic mass is 35.5. The van der Waals surface area contributed by atoms with Gasteiger partial charge in [0.05, 0.1) is 11.3 Å². The molecule has 0 saturated carbocycles. The van der Waals surface area contributed by atoms with Crippen LogP contribution in [0, 0.1) is 6.92 Å². The largest absolute Gasteiger partial charge is 0.323 e. The SMILES string of the molecule is Cc1cc(CN2C(=O)c3ccc(Cl)cc3NC(=O)C2Cc2ccccn2)ccc1C(=O)c1ccccn1. The average molecular weight is 511 g/mol. The highest BCUT2D eigenvalue weighted by molar-refractivity contribution is 6.31. The molecule has 37 heavy (non-hydrogen) atoms. The molecule has 0 fully saturated rings. The third-order valence-electron chi connectivity index (χ3n) is 6.32. The summed E-state index contributed by atoms with van der Waals surface area (Å²) in [5.74, 6) is -0.787. The molecule has 3 heterocycles. The van der Waals surface area contributed by atoms with Gasteiger partial charge in [0.15, 0.2) is 0 Å². The number of amides is 2. The highest BCUT2D eigenvalue weighted by Crippen LogP contribution is 2.29. The first-order valence-corrected chi connectivity index (χ1v) is 12.1. The van der Waals surface area contributed by atoms with Crippen molar-refractivity contribution in [3.05, 3.63) is 124 Å². The van der Waals surface area contributed by atoms with Gasteiger partial charge in [-0.25, -0.2) is 0 Å². The minimum Gasteiger partial charge on any atom is -0.323 e. The van der Waals surface area contributed by atoms with Gasteiger partial charge in [0.2, 0.25) is 11.7 Å². The Kier molecular flexibility index (Phi) is 6.79. The molecule has 1 N–H and O–H groups in total. The predicted molar refractivity (Wildman–Crippen MR) is 141 cm³/mol. The van der Waals surface area contributed by atoms with E-state index in [0.29, 0.717) is 33.2 Å². The second-order valence-corrected chi connectivity index (χ2v) is 9.28. The van der Waals surface area contributed by atoms with Crippen molar-refractivity contribution in [3.63, 3.8) is 0 Å². The summed E-state index contributed by atoms with van der Waals surface area (Å²) in [6.45, 7) is 2.02. The van der Waals surface area contributed by atoms with Gasteiger partial charge in [-0.3, -0.25) is 24.4 Å². The molecule has 8 heteroatoms. The second kappa shape index (κ2) is 10.3. The minimum atomic E-state index is -0.802. The standard InChI is InChI=1S/C29H23ClN4O3/c1-18-14-19(8-10-22(18)27(35)24-7-3-5-13-32-24)17-34-26(16-21-6-2-4-12-31-21)28(36)33-25-15-20(30)9-11-23(25)29(34)37/h2-15,26H,16-17H2,1H3,(H,33,36). The van der Waals surface area contributed by atoms with Crippen LogP contribution in [0.2, 0.25) is 5.02 Å². The van der Waals surface area contributed by atoms with E-state index in [1.54, 1.807) is 71.9 Å². The van der Waals surface area contributed by atoms with Crippen LogP contribution < -0.4 is 5.32 Å². The van der Waals surface area contributed by atoms with Gasteiger partial charge < -0.3 is 10.2 Å². The van der Waals surface area contributed by atoms with E-state index in [9.17, 15) is 14.4 Å². The van der Waals surface area contributed by atoms with Crippen LogP contribution in [0.15, 0.2) is 85.2 Å². The highest BCUT2D eigenvalue weighted by Gasteiger charge is 2.36. The number of aryl methyl sites for hydroxylation is 1. The van der Waals surface area contributed by atoms with Gasteiger partial charge in [0, 0.05) is 41.6 Å². The van der Waals surface area contributed by atoms with E-state index in [-0.39, 0.29) is 30.6 Å². The third-order valence-corrected chi connectivity index (χ3v) is 6.56. The van der Waals surface area contributed by atoms with Crippen molar-refractivity contribution < 1.29 is 14.4 Å². The maximum Gasteiger partial charge on any atom is 0.256 e. The Hall–Kier alpha value is -4.36. The quantitative estimate of drug-likeness (QED) is 0.373. The molecule has 1 unspecified atom stereocenters. The van der Waals surface area contributed by atoms with Crippen molar-refractivity contribution in [3.8, 4) is 0 Å². The number of carbonyl (C=O) groups excluding carboxylic acids is 3. The maximum absolute atomic E-state index is 13.8. The van der Waals surface area contributed by atoms with Crippen molar-refractivity contribution in [2.75, 3.05) is 5.32 Å². The van der Waals surface area contributed by atoms with E-state index in [4.69, 9.17) is 11.6 Å². The summed E-state index contributed by atoms with van der Waals surface area (Å²) in [6, 6.07) is 20.1. The summed E-state index contributed by atoms with van der Waals surface area (Å²) in [5, 5.41) is 3.29. The maximum atomic E-state index is 13.8. The number of nitrogens with zero attached hydrogens (tertiary/aromatic N) is 3. The molecule has 0 aliphatic carbocycles. The van der Waals surface area contributed by atoms with E-state index >= 15 is 0 Å². The number of benzene rings is 2. The van der Waals surface area contributed by atoms with Crippen LogP contribution >= 0.6 is 11.6 Å². The van der Waals surface area contributed by atoms with E-state index in [1.807, 2.05) is 25.1 Å². The summed E-state index contributed by atoms with van der Waals surface area (Å²) in [6.07, 6.45) is 3.49. The topological polar surface area (TPSA) is 92.3 Å². The number of nitrogens with one attached hydrogen (secondary N) is 1. The van der Waals surface area contributed by atoms with Crippen molar-refractivity contribution >= 4 is 34.9 Å². The molecule has 2 aromatic heterocycles. The van der Waals surface area contributed by atoms with Gasteiger partial charge in [-0.15, -0.1) is 0 Å². The smallest absolute Gasteiger partial charge is 0.256 e. The normalized spacial score (nSPS) is 15.1. The molecular formula is C29H23ClN4O3. The summed E-state index contributed by atoms with van der Waals surface area (Å²) < 4.78 is 0. The lowest BCUT2D eigenvalue weighted by molar-refractivity contribution is -0.120. The molecule has 1 aliphatic heterocycles. The van der Waals surface area contributed by atoms with E-state index in [0.717, 1.165) is 11.1 Å². The predicted octanol–water partition coefficient (Wildman–Crippen LogP) is 4.88. The van der Waals surface area contributed by atoms with Crippen molar-refractivity contribution in [2.45, 2.75) is 25.9 Å². The molecular weight excluding hydrogens is 488 g/mol. The molecule has 2 amide bonds. The zero-order valence-electron chi connectivity index (χ0n) is 20.0. The molecule has 5 rings (SSSR count). The summed E-state index contributed by atoms with van der Waals surface area (Å²) in [5.41, 5.74) is 3.88. The Morgan fingerprint density at radius 3 is 2.46 bits per heavy atom. The Bertz CT molecular complexity index is 1490. The molecule has 0 radical (unpaired) electrons. The molecule has 0 bridgehead atoms. The van der Waals surface area contributed by atoms with Gasteiger partial charge in [-0.05, 0) is 60.5 Å². The van der Waals surface area contributed by atoms with Crippen LogP contribution in [0.3, 0.4) is 0 Å². The molecule has 2 aromatic carbocycles. The number of rotatable bonds is 6. The molecule has 184 valence electrons. The Balaban J connectivity index is 1.49. The van der Waals surface area contributed by atoms with E-state index < -0.39 is 6.04 Å². The number of fused-ring (bicyclic) bond motifs is 1. The van der Waals surface area contributed by atoms with E-state index in [1.165, 1.54) is 0 Å². The van der Waals surface area contributed by atoms with Crippen LogP contribution in [0.5, 0.6) is 0 Å². The molecule has 4 aromatic rings. The average Bonchev–Trinajstić information content (AvgIpc) is 2.99. The van der Waals surface area contributed by atoms with Crippen LogP contribution in [0.4, 0.5) is 5.69 Å². The molecule has 0 saturated heterocycles. The van der Waals surface area contributed by atoms with Crippen LogP contribution in [0.25, 0.3) is 0 Å². The van der Waals surface area contributed by atoms with E-state index in [2.05, 4.69) is 15.3 Å².